The molecule has 0 heterocycles. The predicted molar refractivity (Wildman–Crippen MR) is 105 cm³/mol. The van der Waals surface area contributed by atoms with Crippen LogP contribution in [0.15, 0.2) is 48.5 Å². The second kappa shape index (κ2) is 9.15. The summed E-state index contributed by atoms with van der Waals surface area (Å²) in [6.45, 7) is 5.76. The highest BCUT2D eigenvalue weighted by Crippen LogP contribution is 2.18. The van der Waals surface area contributed by atoms with Crippen LogP contribution in [-0.4, -0.2) is 17.1 Å². The number of hydrogen-bond donors (Lipinski definition) is 3. The Labute approximate surface area is 157 Å². The molecule has 7 heteroatoms. The van der Waals surface area contributed by atoms with E-state index < -0.39 is 17.8 Å². The fourth-order valence-corrected chi connectivity index (χ4v) is 2.29. The zero-order valence-corrected chi connectivity index (χ0v) is 15.7. The third-order valence-electron chi connectivity index (χ3n) is 3.64. The van der Waals surface area contributed by atoms with Crippen molar-refractivity contribution in [3.63, 3.8) is 0 Å². The molecule has 0 saturated heterocycles. The van der Waals surface area contributed by atoms with Gasteiger partial charge >= 0.3 is 0 Å². The molecular weight excluding hydrogens is 353 g/mol. The highest BCUT2D eigenvalue weighted by molar-refractivity contribution is 7.80. The van der Waals surface area contributed by atoms with Crippen molar-refractivity contribution in [3.05, 3.63) is 59.9 Å². The largest absolute Gasteiger partial charge is 0.478 e. The molecule has 0 fully saturated rings. The van der Waals surface area contributed by atoms with Crippen LogP contribution in [0.3, 0.4) is 0 Å². The zero-order chi connectivity index (χ0) is 19.1. The lowest BCUT2D eigenvalue weighted by atomic mass is 10.0. The van der Waals surface area contributed by atoms with Crippen LogP contribution >= 0.6 is 12.2 Å². The van der Waals surface area contributed by atoms with Gasteiger partial charge in [0.25, 0.3) is 5.91 Å². The van der Waals surface area contributed by atoms with Gasteiger partial charge in [-0.2, -0.15) is 0 Å². The third kappa shape index (κ3) is 5.70. The molecule has 0 spiro atoms. The average Bonchev–Trinajstić information content (AvgIpc) is 2.62. The van der Waals surface area contributed by atoms with Crippen molar-refractivity contribution in [3.8, 4) is 5.75 Å². The molecule has 5 nitrogen and oxygen atoms in total. The number of hydrazine groups is 1. The number of ether oxygens (including phenoxy) is 1. The van der Waals surface area contributed by atoms with Gasteiger partial charge in [-0.25, -0.2) is 4.39 Å². The first-order chi connectivity index (χ1) is 12.4. The minimum absolute atomic E-state index is 0.0149. The van der Waals surface area contributed by atoms with E-state index in [0.717, 1.165) is 5.69 Å². The summed E-state index contributed by atoms with van der Waals surface area (Å²) in [6.07, 6.45) is -0.896. The van der Waals surface area contributed by atoms with Crippen molar-refractivity contribution in [1.82, 2.24) is 10.9 Å². The fraction of sp³-hybridized carbons (Fsp3) is 0.263. The van der Waals surface area contributed by atoms with Crippen molar-refractivity contribution in [1.29, 1.82) is 0 Å². The Balaban J connectivity index is 1.80. The number of hydrogen-bond acceptors (Lipinski definition) is 3. The molecule has 3 N–H and O–H groups in total. The lowest BCUT2D eigenvalue weighted by Gasteiger charge is -2.17. The first-order valence-electron chi connectivity index (χ1n) is 8.25. The maximum atomic E-state index is 13.5. The number of para-hydroxylation sites is 1. The molecule has 2 aromatic rings. The quantitative estimate of drug-likeness (QED) is 0.549. The number of nitrogens with one attached hydrogen (secondary N) is 3. The van der Waals surface area contributed by atoms with Gasteiger partial charge in [0.15, 0.2) is 22.8 Å². The summed E-state index contributed by atoms with van der Waals surface area (Å²) < 4.78 is 18.8. The SMILES string of the molecule is CC(C)c1ccc(NC(=S)NNC(=O)[C@@H](C)Oc2ccccc2F)cc1. The molecule has 1 amide bonds. The summed E-state index contributed by atoms with van der Waals surface area (Å²) in [6, 6.07) is 13.7. The molecule has 0 bridgehead atoms. The summed E-state index contributed by atoms with van der Waals surface area (Å²) in [5.74, 6) is -0.542. The second-order valence-electron chi connectivity index (χ2n) is 6.04. The van der Waals surface area contributed by atoms with Crippen molar-refractivity contribution >= 4 is 28.9 Å². The lowest BCUT2D eigenvalue weighted by molar-refractivity contribution is -0.127. The van der Waals surface area contributed by atoms with E-state index >= 15 is 0 Å². The monoisotopic (exact) mass is 375 g/mol. The Bertz CT molecular complexity index is 766. The van der Waals surface area contributed by atoms with E-state index in [1.165, 1.54) is 24.6 Å². The number of rotatable bonds is 5. The van der Waals surface area contributed by atoms with Gasteiger partial charge in [-0.1, -0.05) is 38.1 Å². The number of carbonyl (C=O) groups is 1. The number of halogens is 1. The van der Waals surface area contributed by atoms with Crippen LogP contribution in [0.5, 0.6) is 5.75 Å². The molecule has 2 aromatic carbocycles. The van der Waals surface area contributed by atoms with Gasteiger partial charge in [-0.15, -0.1) is 0 Å². The molecule has 138 valence electrons. The Kier molecular flexibility index (Phi) is 6.91. The third-order valence-corrected chi connectivity index (χ3v) is 3.85. The summed E-state index contributed by atoms with van der Waals surface area (Å²) in [5.41, 5.74) is 7.05. The van der Waals surface area contributed by atoms with Crippen LogP contribution in [0.1, 0.15) is 32.3 Å². The minimum atomic E-state index is -0.896. The molecule has 0 aliphatic heterocycles. The van der Waals surface area contributed by atoms with Gasteiger partial charge in [-0.05, 0) is 54.9 Å². The topological polar surface area (TPSA) is 62.4 Å². The van der Waals surface area contributed by atoms with E-state index in [9.17, 15) is 9.18 Å². The molecule has 0 aromatic heterocycles. The van der Waals surface area contributed by atoms with Gasteiger partial charge in [0, 0.05) is 5.69 Å². The maximum Gasteiger partial charge on any atom is 0.279 e. The van der Waals surface area contributed by atoms with Crippen LogP contribution < -0.4 is 20.9 Å². The highest BCUT2D eigenvalue weighted by atomic mass is 32.1. The predicted octanol–water partition coefficient (Wildman–Crippen LogP) is 3.73. The summed E-state index contributed by atoms with van der Waals surface area (Å²) in [4.78, 5) is 12.0. The van der Waals surface area contributed by atoms with Crippen molar-refractivity contribution in [2.24, 2.45) is 0 Å². The lowest BCUT2D eigenvalue weighted by Crippen LogP contribution is -2.48. The molecule has 26 heavy (non-hydrogen) atoms. The van der Waals surface area contributed by atoms with Crippen LogP contribution in [0, 0.1) is 5.82 Å². The van der Waals surface area contributed by atoms with Gasteiger partial charge in [0.1, 0.15) is 0 Å². The first kappa shape index (κ1) is 19.7. The van der Waals surface area contributed by atoms with Gasteiger partial charge in [-0.3, -0.25) is 15.6 Å². The van der Waals surface area contributed by atoms with E-state index in [0.29, 0.717) is 5.92 Å². The van der Waals surface area contributed by atoms with E-state index in [2.05, 4.69) is 30.0 Å². The number of benzene rings is 2. The van der Waals surface area contributed by atoms with Crippen molar-refractivity contribution in [2.75, 3.05) is 5.32 Å². The van der Waals surface area contributed by atoms with Gasteiger partial charge in [0.05, 0.1) is 0 Å². The average molecular weight is 375 g/mol. The van der Waals surface area contributed by atoms with Gasteiger partial charge < -0.3 is 10.1 Å². The Hall–Kier alpha value is -2.67. The molecule has 0 aliphatic carbocycles. The van der Waals surface area contributed by atoms with Gasteiger partial charge in [0.2, 0.25) is 0 Å². The number of anilines is 1. The molecular formula is C19H22FN3O2S. The van der Waals surface area contributed by atoms with Crippen LogP contribution in [-0.2, 0) is 4.79 Å². The molecule has 0 aliphatic rings. The summed E-state index contributed by atoms with van der Waals surface area (Å²) in [7, 11) is 0. The zero-order valence-electron chi connectivity index (χ0n) is 14.9. The Morgan fingerprint density at radius 2 is 1.69 bits per heavy atom. The van der Waals surface area contributed by atoms with Crippen LogP contribution in [0.2, 0.25) is 0 Å². The molecule has 0 saturated carbocycles. The molecule has 0 radical (unpaired) electrons. The number of carbonyl (C=O) groups excluding carboxylic acids is 1. The van der Waals surface area contributed by atoms with E-state index in [1.807, 2.05) is 24.3 Å². The van der Waals surface area contributed by atoms with Crippen LogP contribution in [0.25, 0.3) is 0 Å². The second-order valence-corrected chi connectivity index (χ2v) is 6.44. The van der Waals surface area contributed by atoms with Crippen molar-refractivity contribution < 1.29 is 13.9 Å². The number of thiocarbonyl (C=S) groups is 1. The van der Waals surface area contributed by atoms with Crippen LogP contribution in [0.4, 0.5) is 10.1 Å². The van der Waals surface area contributed by atoms with E-state index in [1.54, 1.807) is 12.1 Å². The first-order valence-corrected chi connectivity index (χ1v) is 8.65. The molecule has 1 atom stereocenters. The smallest absolute Gasteiger partial charge is 0.279 e. The normalized spacial score (nSPS) is 11.6. The Morgan fingerprint density at radius 1 is 1.04 bits per heavy atom. The maximum absolute atomic E-state index is 13.5. The van der Waals surface area contributed by atoms with E-state index in [4.69, 9.17) is 17.0 Å². The number of amides is 1. The minimum Gasteiger partial charge on any atom is -0.478 e. The van der Waals surface area contributed by atoms with E-state index in [-0.39, 0.29) is 10.9 Å². The molecule has 0 unspecified atom stereocenters. The summed E-state index contributed by atoms with van der Waals surface area (Å²) in [5, 5.41) is 3.20. The standard InChI is InChI=1S/C19H22FN3O2S/c1-12(2)14-8-10-15(11-9-14)21-19(26)23-22-18(24)13(3)25-17-7-5-4-6-16(17)20/h4-13H,1-3H3,(H,22,24)(H2,21,23,26)/t13-/m1/s1. The summed E-state index contributed by atoms with van der Waals surface area (Å²) >= 11 is 5.14. The van der Waals surface area contributed by atoms with Crippen molar-refractivity contribution in [2.45, 2.75) is 32.8 Å². The molecule has 2 rings (SSSR count). The highest BCUT2D eigenvalue weighted by Gasteiger charge is 2.16. The Morgan fingerprint density at radius 3 is 2.31 bits per heavy atom. The fourth-order valence-electron chi connectivity index (χ4n) is 2.12.